The van der Waals surface area contributed by atoms with E-state index in [4.69, 9.17) is 18.9 Å². The van der Waals surface area contributed by atoms with Gasteiger partial charge in [0.2, 0.25) is 0 Å². The summed E-state index contributed by atoms with van der Waals surface area (Å²) in [7, 11) is 1.66. The van der Waals surface area contributed by atoms with Crippen LogP contribution in [0, 0.1) is 33.5 Å². The molecule has 0 unspecified atom stereocenters. The lowest BCUT2D eigenvalue weighted by atomic mass is 9.40. The summed E-state index contributed by atoms with van der Waals surface area (Å²) in [6.07, 6.45) is 7.56. The van der Waals surface area contributed by atoms with Gasteiger partial charge in [-0.2, -0.15) is 0 Å². The number of hydrogen-bond acceptors (Lipinski definition) is 7. The van der Waals surface area contributed by atoms with Crippen molar-refractivity contribution < 1.29 is 33.6 Å². The van der Waals surface area contributed by atoms with Crippen molar-refractivity contribution in [1.29, 1.82) is 0 Å². The highest BCUT2D eigenvalue weighted by Crippen LogP contribution is 2.77. The number of fused-ring (bicyclic) bond motifs is 4. The molecule has 2 saturated heterocycles. The average molecular weight is 559 g/mol. The number of rotatable bonds is 3. The lowest BCUT2D eigenvalue weighted by Gasteiger charge is -2.64. The van der Waals surface area contributed by atoms with Crippen LogP contribution in [-0.2, 0) is 28.5 Å². The van der Waals surface area contributed by atoms with E-state index in [2.05, 4.69) is 47.6 Å². The Morgan fingerprint density at radius 1 is 0.975 bits per heavy atom. The number of aliphatic hydroxyl groups is 1. The minimum absolute atomic E-state index is 0.110. The first-order chi connectivity index (χ1) is 18.4. The maximum atomic E-state index is 14.4. The van der Waals surface area contributed by atoms with Crippen molar-refractivity contribution in [1.82, 2.24) is 0 Å². The van der Waals surface area contributed by atoms with Crippen LogP contribution in [0.4, 0.5) is 0 Å². The van der Waals surface area contributed by atoms with Gasteiger partial charge in [-0.15, -0.1) is 0 Å². The van der Waals surface area contributed by atoms with Gasteiger partial charge in [0.05, 0.1) is 11.7 Å². The van der Waals surface area contributed by atoms with Crippen LogP contribution in [-0.4, -0.2) is 59.3 Å². The van der Waals surface area contributed by atoms with Gasteiger partial charge in [-0.05, 0) is 94.8 Å². The van der Waals surface area contributed by atoms with Crippen LogP contribution in [0.1, 0.15) is 107 Å². The van der Waals surface area contributed by atoms with E-state index in [1.54, 1.807) is 7.11 Å². The zero-order valence-electron chi connectivity index (χ0n) is 26.0. The van der Waals surface area contributed by atoms with E-state index in [0.29, 0.717) is 12.3 Å². The number of cyclic esters (lactones) is 1. The number of ether oxygens (including phenoxy) is 4. The summed E-state index contributed by atoms with van der Waals surface area (Å²) in [6, 6.07) is 0. The van der Waals surface area contributed by atoms with Gasteiger partial charge in [-0.3, -0.25) is 9.59 Å². The summed E-state index contributed by atoms with van der Waals surface area (Å²) < 4.78 is 24.9. The second-order valence-electron chi connectivity index (χ2n) is 15.8. The van der Waals surface area contributed by atoms with E-state index < -0.39 is 28.1 Å². The largest absolute Gasteiger partial charge is 0.462 e. The quantitative estimate of drug-likeness (QED) is 0.360. The van der Waals surface area contributed by atoms with Crippen LogP contribution in [0.2, 0.25) is 0 Å². The summed E-state index contributed by atoms with van der Waals surface area (Å²) in [4.78, 5) is 26.4. The van der Waals surface area contributed by atoms with Crippen LogP contribution < -0.4 is 0 Å². The third-order valence-electron chi connectivity index (χ3n) is 13.4. The molecule has 7 heteroatoms. The first-order valence-electron chi connectivity index (χ1n) is 15.5. The summed E-state index contributed by atoms with van der Waals surface area (Å²) in [5, 5.41) is 12.9. The van der Waals surface area contributed by atoms with E-state index >= 15 is 0 Å². The number of hydrogen-bond donors (Lipinski definition) is 1. The Morgan fingerprint density at radius 3 is 2.27 bits per heavy atom. The van der Waals surface area contributed by atoms with Crippen molar-refractivity contribution in [3.05, 3.63) is 11.6 Å². The predicted molar refractivity (Wildman–Crippen MR) is 149 cm³/mol. The molecule has 224 valence electrons. The van der Waals surface area contributed by atoms with Crippen LogP contribution in [0.3, 0.4) is 0 Å². The Bertz CT molecular complexity index is 1160. The number of carbonyl (C=O) groups is 2. The molecule has 6 aliphatic rings. The molecule has 10 atom stereocenters. The van der Waals surface area contributed by atoms with Crippen molar-refractivity contribution in [3.8, 4) is 0 Å². The number of carbonyl (C=O) groups excluding carboxylic acids is 2. The normalized spacial score (nSPS) is 52.1. The van der Waals surface area contributed by atoms with Crippen LogP contribution >= 0.6 is 0 Å². The highest BCUT2D eigenvalue weighted by Gasteiger charge is 2.87. The second-order valence-corrected chi connectivity index (χ2v) is 15.8. The van der Waals surface area contributed by atoms with Gasteiger partial charge in [0.1, 0.15) is 23.2 Å². The lowest BCUT2D eigenvalue weighted by molar-refractivity contribution is -0.217. The zero-order valence-corrected chi connectivity index (χ0v) is 26.0. The predicted octanol–water partition coefficient (Wildman–Crippen LogP) is 5.52. The van der Waals surface area contributed by atoms with E-state index in [9.17, 15) is 14.7 Å². The number of methoxy groups -OCH3 is 1. The van der Waals surface area contributed by atoms with E-state index in [1.807, 2.05) is 6.92 Å². The fourth-order valence-corrected chi connectivity index (χ4v) is 11.4. The summed E-state index contributed by atoms with van der Waals surface area (Å²) in [6.45, 7) is 16.6. The monoisotopic (exact) mass is 558 g/mol. The molecule has 1 spiro atoms. The Morgan fingerprint density at radius 2 is 1.68 bits per heavy atom. The summed E-state index contributed by atoms with van der Waals surface area (Å²) in [5.74, 6) is -0.0972. The molecule has 5 fully saturated rings. The van der Waals surface area contributed by atoms with Gasteiger partial charge in [0.25, 0.3) is 0 Å². The zero-order chi connectivity index (χ0) is 29.3. The van der Waals surface area contributed by atoms with Gasteiger partial charge in [-0.1, -0.05) is 39.3 Å². The summed E-state index contributed by atoms with van der Waals surface area (Å²) >= 11 is 0. The molecule has 4 aliphatic carbocycles. The van der Waals surface area contributed by atoms with Gasteiger partial charge in [0, 0.05) is 19.4 Å². The van der Waals surface area contributed by atoms with E-state index in [-0.39, 0.29) is 46.5 Å². The SMILES string of the molecule is CO[C@@H]1C=C2[C@@H](CC[C@H]3C(C)(C)[C@@H](OC(C)=O)CC[C@]23C)[C@]2(C)CC[C@@]3(O)[C@@]12C(=O)O[C@@]3(C)[C@H]1CCC(C)(C)O1. The molecule has 0 aromatic heterocycles. The Balaban J connectivity index is 1.46. The number of esters is 2. The topological polar surface area (TPSA) is 91.3 Å². The fourth-order valence-electron chi connectivity index (χ4n) is 11.4. The van der Waals surface area contributed by atoms with Crippen LogP contribution in [0.25, 0.3) is 0 Å². The molecule has 0 amide bonds. The molecule has 1 N–H and O–H groups in total. The van der Waals surface area contributed by atoms with Crippen molar-refractivity contribution >= 4 is 11.9 Å². The smallest absolute Gasteiger partial charge is 0.319 e. The molecule has 0 aromatic carbocycles. The Hall–Kier alpha value is -1.44. The molecule has 2 aliphatic heterocycles. The van der Waals surface area contributed by atoms with Gasteiger partial charge in [-0.25, -0.2) is 0 Å². The van der Waals surface area contributed by atoms with Crippen molar-refractivity contribution in [2.24, 2.45) is 33.5 Å². The molecule has 0 bridgehead atoms. The molecular weight excluding hydrogens is 508 g/mol. The molecule has 0 radical (unpaired) electrons. The standard InChI is InChI=1S/C33H50O7/c1-19(34)38-23-13-15-29(6)21-18-25(37-9)33-26(35)40-31(8,24-12-14-27(2,3)39-24)32(33,36)17-16-30(33,7)20(21)10-11-22(29)28(23,4)5/h18,20,22-25,36H,10-17H2,1-9H3/t20-,22+,23+,24-,25-,29-,30+,31+,32+,33-/m1/s1. The number of allylic oxidation sites excluding steroid dienone is 1. The van der Waals surface area contributed by atoms with Crippen LogP contribution in [0.5, 0.6) is 0 Å². The summed E-state index contributed by atoms with van der Waals surface area (Å²) in [5.41, 5.74) is -3.55. The Kier molecular flexibility index (Phi) is 5.98. The lowest BCUT2D eigenvalue weighted by Crippen LogP contribution is -2.69. The van der Waals surface area contributed by atoms with E-state index in [1.165, 1.54) is 12.5 Å². The Labute approximate surface area is 239 Å². The highest BCUT2D eigenvalue weighted by atomic mass is 16.6. The first-order valence-corrected chi connectivity index (χ1v) is 15.5. The third kappa shape index (κ3) is 3.13. The van der Waals surface area contributed by atoms with Crippen molar-refractivity contribution in [3.63, 3.8) is 0 Å². The molecule has 2 heterocycles. The molecule has 3 saturated carbocycles. The minimum Gasteiger partial charge on any atom is -0.462 e. The van der Waals surface area contributed by atoms with E-state index in [0.717, 1.165) is 44.9 Å². The maximum Gasteiger partial charge on any atom is 0.319 e. The van der Waals surface area contributed by atoms with Crippen molar-refractivity contribution in [2.45, 2.75) is 142 Å². The highest BCUT2D eigenvalue weighted by molar-refractivity contribution is 5.86. The molecular formula is C33H50O7. The average Bonchev–Trinajstić information content (AvgIpc) is 3.41. The second kappa shape index (κ2) is 8.35. The molecule has 6 rings (SSSR count). The molecule has 40 heavy (non-hydrogen) atoms. The minimum atomic E-state index is -1.41. The van der Waals surface area contributed by atoms with Gasteiger partial charge >= 0.3 is 11.9 Å². The molecule has 0 aromatic rings. The van der Waals surface area contributed by atoms with Crippen molar-refractivity contribution in [2.75, 3.05) is 7.11 Å². The van der Waals surface area contributed by atoms with Gasteiger partial charge in [0.15, 0.2) is 5.60 Å². The van der Waals surface area contributed by atoms with Gasteiger partial charge < -0.3 is 24.1 Å². The first kappa shape index (κ1) is 28.7. The van der Waals surface area contributed by atoms with Crippen LogP contribution in [0.15, 0.2) is 11.6 Å². The maximum absolute atomic E-state index is 14.4. The third-order valence-corrected chi connectivity index (χ3v) is 13.4. The fraction of sp³-hybridized carbons (Fsp3) is 0.879. The molecule has 7 nitrogen and oxygen atoms in total.